The zero-order valence-electron chi connectivity index (χ0n) is 19.5. The van der Waals surface area contributed by atoms with Gasteiger partial charge in [-0.15, -0.1) is 0 Å². The number of nitrogens with one attached hydrogen (secondary N) is 2. The standard InChI is InChI=1S/C25H22F3N7O/c1-14(2)34-23(36)20-13-31-24(32-18-5-3-17-12-30-8-7-15(17)9-18)33-22(20)35(34)19-6-4-16(11-29)21(10-19)25(26,27)28/h3-6,9-10,13-14,30H,7-8,12H2,1-2H3,(H,31,32,33). The molecular weight excluding hydrogens is 471 g/mol. The van der Waals surface area contributed by atoms with Crippen molar-refractivity contribution in [2.45, 2.75) is 39.0 Å². The predicted molar refractivity (Wildman–Crippen MR) is 128 cm³/mol. The summed E-state index contributed by atoms with van der Waals surface area (Å²) in [5.41, 5.74) is 1.41. The lowest BCUT2D eigenvalue weighted by Crippen LogP contribution is -2.24. The summed E-state index contributed by atoms with van der Waals surface area (Å²) in [6.07, 6.45) is -2.47. The molecule has 0 unspecified atom stereocenters. The molecule has 2 N–H and O–H groups in total. The largest absolute Gasteiger partial charge is 0.417 e. The molecule has 11 heteroatoms. The van der Waals surface area contributed by atoms with Crippen molar-refractivity contribution in [1.82, 2.24) is 24.6 Å². The minimum absolute atomic E-state index is 0.0630. The maximum Gasteiger partial charge on any atom is 0.417 e. The second-order valence-electron chi connectivity index (χ2n) is 8.86. The molecular formula is C25H22F3N7O. The summed E-state index contributed by atoms with van der Waals surface area (Å²) in [4.78, 5) is 22.0. The molecule has 5 rings (SSSR count). The smallest absolute Gasteiger partial charge is 0.324 e. The SMILES string of the molecule is CC(C)n1c(=O)c2cnc(Nc3ccc4c(c3)CCNC4)nc2n1-c1ccc(C#N)c(C(F)(F)F)c1. The predicted octanol–water partition coefficient (Wildman–Crippen LogP) is 4.44. The number of alkyl halides is 3. The first kappa shape index (κ1) is 23.6. The second-order valence-corrected chi connectivity index (χ2v) is 8.86. The van der Waals surface area contributed by atoms with E-state index >= 15 is 0 Å². The van der Waals surface area contributed by atoms with Gasteiger partial charge in [0.2, 0.25) is 5.95 Å². The molecule has 0 radical (unpaired) electrons. The Kier molecular flexibility index (Phi) is 5.76. The van der Waals surface area contributed by atoms with Crippen LogP contribution in [0.3, 0.4) is 0 Å². The van der Waals surface area contributed by atoms with Gasteiger partial charge in [0.1, 0.15) is 5.39 Å². The number of fused-ring (bicyclic) bond motifs is 2. The maximum atomic E-state index is 13.7. The zero-order chi connectivity index (χ0) is 25.6. The number of aromatic nitrogens is 4. The van der Waals surface area contributed by atoms with Crippen molar-refractivity contribution in [3.05, 3.63) is 75.2 Å². The lowest BCUT2D eigenvalue weighted by atomic mass is 10.0. The van der Waals surface area contributed by atoms with Crippen LogP contribution in [0.4, 0.5) is 24.8 Å². The van der Waals surface area contributed by atoms with Crippen LogP contribution in [0, 0.1) is 11.3 Å². The van der Waals surface area contributed by atoms with Crippen LogP contribution < -0.4 is 16.2 Å². The highest BCUT2D eigenvalue weighted by Crippen LogP contribution is 2.34. The second kappa shape index (κ2) is 8.80. The van der Waals surface area contributed by atoms with E-state index in [4.69, 9.17) is 5.26 Å². The van der Waals surface area contributed by atoms with Gasteiger partial charge in [0.05, 0.1) is 22.9 Å². The van der Waals surface area contributed by atoms with E-state index < -0.39 is 22.9 Å². The summed E-state index contributed by atoms with van der Waals surface area (Å²) < 4.78 is 43.7. The Hall–Kier alpha value is -4.17. The van der Waals surface area contributed by atoms with Gasteiger partial charge in [0.25, 0.3) is 5.56 Å². The number of anilines is 2. The van der Waals surface area contributed by atoms with Gasteiger partial charge in [-0.2, -0.15) is 23.4 Å². The van der Waals surface area contributed by atoms with E-state index in [0.29, 0.717) is 0 Å². The van der Waals surface area contributed by atoms with Gasteiger partial charge in [0.15, 0.2) is 5.65 Å². The van der Waals surface area contributed by atoms with Gasteiger partial charge in [0, 0.05) is 24.5 Å². The lowest BCUT2D eigenvalue weighted by Gasteiger charge is -2.18. The first-order valence-electron chi connectivity index (χ1n) is 11.4. The van der Waals surface area contributed by atoms with Crippen molar-refractivity contribution in [3.8, 4) is 11.8 Å². The third-order valence-electron chi connectivity index (χ3n) is 6.13. The van der Waals surface area contributed by atoms with E-state index in [1.54, 1.807) is 19.9 Å². The molecule has 3 heterocycles. The fraction of sp³-hybridized carbons (Fsp3) is 0.280. The van der Waals surface area contributed by atoms with Crippen LogP contribution in [0.1, 0.15) is 42.1 Å². The average molecular weight is 493 g/mol. The fourth-order valence-corrected chi connectivity index (χ4v) is 4.45. The van der Waals surface area contributed by atoms with Crippen molar-refractivity contribution in [1.29, 1.82) is 5.26 Å². The highest BCUT2D eigenvalue weighted by Gasteiger charge is 2.34. The summed E-state index contributed by atoms with van der Waals surface area (Å²) in [5.74, 6) is 0.204. The monoisotopic (exact) mass is 493 g/mol. The van der Waals surface area contributed by atoms with Crippen LogP contribution in [0.15, 0.2) is 47.4 Å². The van der Waals surface area contributed by atoms with Crippen LogP contribution in [0.2, 0.25) is 0 Å². The molecule has 0 amide bonds. The molecule has 184 valence electrons. The topological polar surface area (TPSA) is 101 Å². The van der Waals surface area contributed by atoms with Crippen molar-refractivity contribution >= 4 is 22.7 Å². The van der Waals surface area contributed by atoms with E-state index in [1.807, 2.05) is 18.2 Å². The number of halogens is 3. The number of rotatable bonds is 4. The van der Waals surface area contributed by atoms with Crippen LogP contribution in [-0.4, -0.2) is 25.9 Å². The molecule has 0 spiro atoms. The van der Waals surface area contributed by atoms with Crippen LogP contribution in [0.25, 0.3) is 16.7 Å². The van der Waals surface area contributed by atoms with Crippen molar-refractivity contribution in [3.63, 3.8) is 0 Å². The molecule has 36 heavy (non-hydrogen) atoms. The molecule has 2 aromatic heterocycles. The molecule has 0 fully saturated rings. The van der Waals surface area contributed by atoms with E-state index in [2.05, 4.69) is 20.6 Å². The molecule has 1 aliphatic rings. The number of hydrogen-bond acceptors (Lipinski definition) is 6. The summed E-state index contributed by atoms with van der Waals surface area (Å²) >= 11 is 0. The number of nitrogens with zero attached hydrogens (tertiary/aromatic N) is 5. The minimum atomic E-state index is -4.74. The third-order valence-corrected chi connectivity index (χ3v) is 6.13. The van der Waals surface area contributed by atoms with Gasteiger partial charge in [-0.05, 0) is 68.3 Å². The Morgan fingerprint density at radius 3 is 2.69 bits per heavy atom. The zero-order valence-corrected chi connectivity index (χ0v) is 19.5. The van der Waals surface area contributed by atoms with Crippen molar-refractivity contribution in [2.24, 2.45) is 0 Å². The van der Waals surface area contributed by atoms with E-state index in [9.17, 15) is 18.0 Å². The average Bonchev–Trinajstić information content (AvgIpc) is 3.15. The van der Waals surface area contributed by atoms with E-state index in [1.165, 1.54) is 32.8 Å². The fourth-order valence-electron chi connectivity index (χ4n) is 4.45. The first-order valence-corrected chi connectivity index (χ1v) is 11.4. The molecule has 0 bridgehead atoms. The molecule has 1 aliphatic heterocycles. The first-order chi connectivity index (χ1) is 17.2. The Morgan fingerprint density at radius 1 is 1.17 bits per heavy atom. The third kappa shape index (κ3) is 4.09. The van der Waals surface area contributed by atoms with E-state index in [-0.39, 0.29) is 28.7 Å². The van der Waals surface area contributed by atoms with Gasteiger partial charge >= 0.3 is 6.18 Å². The Labute approximate surface area is 204 Å². The molecule has 0 saturated carbocycles. The quantitative estimate of drug-likeness (QED) is 0.436. The number of hydrogen-bond donors (Lipinski definition) is 2. The molecule has 0 aliphatic carbocycles. The highest BCUT2D eigenvalue weighted by atomic mass is 19.4. The highest BCUT2D eigenvalue weighted by molar-refractivity contribution is 5.77. The van der Waals surface area contributed by atoms with Gasteiger partial charge in [-0.3, -0.25) is 4.79 Å². The molecule has 0 saturated heterocycles. The molecule has 0 atom stereocenters. The van der Waals surface area contributed by atoms with Gasteiger partial charge < -0.3 is 10.6 Å². The summed E-state index contributed by atoms with van der Waals surface area (Å²) in [6, 6.07) is 10.5. The number of nitriles is 1. The number of benzene rings is 2. The van der Waals surface area contributed by atoms with Crippen LogP contribution in [0.5, 0.6) is 0 Å². The van der Waals surface area contributed by atoms with Crippen LogP contribution in [-0.2, 0) is 19.1 Å². The summed E-state index contributed by atoms with van der Waals surface area (Å²) in [6.45, 7) is 5.19. The van der Waals surface area contributed by atoms with Crippen molar-refractivity contribution < 1.29 is 13.2 Å². The maximum absolute atomic E-state index is 13.7. The molecule has 2 aromatic carbocycles. The minimum Gasteiger partial charge on any atom is -0.324 e. The van der Waals surface area contributed by atoms with E-state index in [0.717, 1.165) is 37.3 Å². The lowest BCUT2D eigenvalue weighted by molar-refractivity contribution is -0.137. The van der Waals surface area contributed by atoms with Crippen molar-refractivity contribution in [2.75, 3.05) is 11.9 Å². The van der Waals surface area contributed by atoms with Gasteiger partial charge in [-0.1, -0.05) is 6.07 Å². The Morgan fingerprint density at radius 2 is 1.97 bits per heavy atom. The molecule has 8 nitrogen and oxygen atoms in total. The normalized spacial score (nSPS) is 13.6. The molecule has 4 aromatic rings. The Bertz CT molecular complexity index is 1580. The summed E-state index contributed by atoms with van der Waals surface area (Å²) in [5, 5.41) is 15.8. The Balaban J connectivity index is 1.66. The van der Waals surface area contributed by atoms with Gasteiger partial charge in [-0.25, -0.2) is 14.3 Å². The summed E-state index contributed by atoms with van der Waals surface area (Å²) in [7, 11) is 0. The van der Waals surface area contributed by atoms with Crippen LogP contribution >= 0.6 is 0 Å².